The van der Waals surface area contributed by atoms with Crippen molar-refractivity contribution in [3.05, 3.63) is 64.1 Å². The van der Waals surface area contributed by atoms with Crippen LogP contribution in [-0.4, -0.2) is 22.9 Å². The van der Waals surface area contributed by atoms with E-state index in [-0.39, 0.29) is 5.91 Å². The summed E-state index contributed by atoms with van der Waals surface area (Å²) < 4.78 is 0. The molecule has 0 spiro atoms. The minimum absolute atomic E-state index is 0.117. The summed E-state index contributed by atoms with van der Waals surface area (Å²) in [7, 11) is 1.77. The molecule has 0 aliphatic rings. The highest BCUT2D eigenvalue weighted by Crippen LogP contribution is 2.27. The van der Waals surface area contributed by atoms with Gasteiger partial charge in [-0.1, -0.05) is 23.7 Å². The lowest BCUT2D eigenvalue weighted by atomic mass is 10.2. The molecule has 1 amide bonds. The van der Waals surface area contributed by atoms with Crippen LogP contribution >= 0.6 is 22.9 Å². The van der Waals surface area contributed by atoms with Crippen LogP contribution in [0.25, 0.3) is 10.6 Å². The maximum Gasteiger partial charge on any atom is 0.261 e. The highest BCUT2D eigenvalue weighted by molar-refractivity contribution is 7.17. The number of thiophene rings is 1. The van der Waals surface area contributed by atoms with E-state index in [1.165, 1.54) is 11.3 Å². The molecule has 1 aromatic carbocycles. The molecule has 0 aliphatic carbocycles. The summed E-state index contributed by atoms with van der Waals surface area (Å²) in [6.45, 7) is 0.435. The first-order valence-electron chi connectivity index (χ1n) is 7.29. The van der Waals surface area contributed by atoms with Crippen LogP contribution in [0.2, 0.25) is 5.02 Å². The van der Waals surface area contributed by atoms with Gasteiger partial charge in [0.2, 0.25) is 5.95 Å². The van der Waals surface area contributed by atoms with E-state index in [1.54, 1.807) is 25.4 Å². The average Bonchev–Trinajstić information content (AvgIpc) is 3.10. The first-order valence-corrected chi connectivity index (χ1v) is 8.49. The predicted molar refractivity (Wildman–Crippen MR) is 97.5 cm³/mol. The number of hydrogen-bond acceptors (Lipinski definition) is 5. The number of aromatic nitrogens is 2. The minimum Gasteiger partial charge on any atom is -0.357 e. The lowest BCUT2D eigenvalue weighted by Gasteiger charge is -2.04. The van der Waals surface area contributed by atoms with Gasteiger partial charge >= 0.3 is 0 Å². The van der Waals surface area contributed by atoms with Gasteiger partial charge in [0.1, 0.15) is 0 Å². The summed E-state index contributed by atoms with van der Waals surface area (Å²) in [5.74, 6) is 0.432. The molecule has 0 aliphatic heterocycles. The largest absolute Gasteiger partial charge is 0.357 e. The fourth-order valence-electron chi connectivity index (χ4n) is 2.13. The van der Waals surface area contributed by atoms with Crippen molar-refractivity contribution in [1.29, 1.82) is 0 Å². The number of hydrogen-bond donors (Lipinski definition) is 2. The van der Waals surface area contributed by atoms with Crippen molar-refractivity contribution in [3.8, 4) is 10.6 Å². The number of anilines is 1. The molecule has 7 heteroatoms. The van der Waals surface area contributed by atoms with Gasteiger partial charge in [-0.25, -0.2) is 9.97 Å². The zero-order valence-electron chi connectivity index (χ0n) is 12.9. The van der Waals surface area contributed by atoms with E-state index in [0.29, 0.717) is 22.4 Å². The molecule has 3 rings (SSSR count). The Hall–Kier alpha value is -2.44. The molecule has 122 valence electrons. The Balaban J connectivity index is 1.69. The van der Waals surface area contributed by atoms with Crippen LogP contribution in [0.15, 0.2) is 48.7 Å². The third kappa shape index (κ3) is 3.90. The van der Waals surface area contributed by atoms with Gasteiger partial charge in [0.15, 0.2) is 0 Å². The van der Waals surface area contributed by atoms with Crippen LogP contribution in [0.4, 0.5) is 5.95 Å². The van der Waals surface area contributed by atoms with Crippen LogP contribution in [0.1, 0.15) is 15.2 Å². The monoisotopic (exact) mass is 358 g/mol. The molecule has 0 radical (unpaired) electrons. The molecule has 2 heterocycles. The van der Waals surface area contributed by atoms with E-state index in [1.807, 2.05) is 30.3 Å². The second kappa shape index (κ2) is 7.42. The summed E-state index contributed by atoms with van der Waals surface area (Å²) in [4.78, 5) is 22.3. The Morgan fingerprint density at radius 2 is 2.12 bits per heavy atom. The molecule has 3 aromatic rings. The van der Waals surface area contributed by atoms with Gasteiger partial charge in [-0.15, -0.1) is 11.3 Å². The molecule has 24 heavy (non-hydrogen) atoms. The molecular formula is C17H15ClN4OS. The fraction of sp³-hybridized carbons (Fsp3) is 0.118. The first kappa shape index (κ1) is 16.4. The molecule has 2 aromatic heterocycles. The number of halogens is 1. The van der Waals surface area contributed by atoms with Gasteiger partial charge < -0.3 is 10.6 Å². The van der Waals surface area contributed by atoms with Crippen LogP contribution in [0.5, 0.6) is 0 Å². The number of nitrogens with one attached hydrogen (secondary N) is 2. The van der Waals surface area contributed by atoms with Gasteiger partial charge in [0.05, 0.1) is 15.4 Å². The van der Waals surface area contributed by atoms with Crippen molar-refractivity contribution >= 4 is 34.8 Å². The average molecular weight is 359 g/mol. The van der Waals surface area contributed by atoms with Crippen molar-refractivity contribution in [2.45, 2.75) is 6.54 Å². The smallest absolute Gasteiger partial charge is 0.261 e. The highest BCUT2D eigenvalue weighted by Gasteiger charge is 2.11. The Morgan fingerprint density at radius 3 is 2.92 bits per heavy atom. The molecule has 0 fully saturated rings. The second-order valence-corrected chi connectivity index (χ2v) is 6.51. The van der Waals surface area contributed by atoms with Crippen LogP contribution in [0.3, 0.4) is 0 Å². The molecule has 2 N–H and O–H groups in total. The van der Waals surface area contributed by atoms with Crippen molar-refractivity contribution in [1.82, 2.24) is 15.3 Å². The third-order valence-electron chi connectivity index (χ3n) is 3.30. The van der Waals surface area contributed by atoms with E-state index >= 15 is 0 Å². The molecular weight excluding hydrogens is 344 g/mol. The molecule has 0 atom stereocenters. The lowest BCUT2D eigenvalue weighted by molar-refractivity contribution is 0.0955. The maximum atomic E-state index is 12.3. The fourth-order valence-corrected chi connectivity index (χ4v) is 3.24. The van der Waals surface area contributed by atoms with E-state index < -0.39 is 0 Å². The summed E-state index contributed by atoms with van der Waals surface area (Å²) in [6.07, 6.45) is 1.69. The lowest BCUT2D eigenvalue weighted by Crippen LogP contribution is -2.21. The van der Waals surface area contributed by atoms with Crippen LogP contribution in [0, 0.1) is 0 Å². The van der Waals surface area contributed by atoms with E-state index in [2.05, 4.69) is 20.6 Å². The van der Waals surface area contributed by atoms with E-state index in [0.717, 1.165) is 16.1 Å². The van der Waals surface area contributed by atoms with Gasteiger partial charge in [-0.2, -0.15) is 0 Å². The molecule has 0 saturated heterocycles. The third-order valence-corrected chi connectivity index (χ3v) is 4.65. The zero-order valence-corrected chi connectivity index (χ0v) is 14.5. The number of carbonyl (C=O) groups is 1. The van der Waals surface area contributed by atoms with Gasteiger partial charge in [-0.05, 0) is 35.9 Å². The van der Waals surface area contributed by atoms with Gasteiger partial charge in [0.25, 0.3) is 5.91 Å². The topological polar surface area (TPSA) is 66.9 Å². The number of rotatable bonds is 5. The van der Waals surface area contributed by atoms with E-state index in [4.69, 9.17) is 11.6 Å². The molecule has 0 bridgehead atoms. The van der Waals surface area contributed by atoms with E-state index in [9.17, 15) is 4.79 Å². The van der Waals surface area contributed by atoms with Crippen LogP contribution in [-0.2, 0) is 6.54 Å². The summed E-state index contributed by atoms with van der Waals surface area (Å²) in [6, 6.07) is 12.9. The molecule has 0 unspecified atom stereocenters. The SMILES string of the molecule is CNc1nccc(-c2ccc(C(=O)NCc3cccc(Cl)c3)s2)n1. The number of benzene rings is 1. The quantitative estimate of drug-likeness (QED) is 0.727. The summed E-state index contributed by atoms with van der Waals surface area (Å²) >= 11 is 7.34. The Labute approximate surface area is 148 Å². The first-order chi connectivity index (χ1) is 11.7. The van der Waals surface area contributed by atoms with Crippen molar-refractivity contribution in [3.63, 3.8) is 0 Å². The number of carbonyl (C=O) groups excluding carboxylic acids is 1. The van der Waals surface area contributed by atoms with Crippen LogP contribution < -0.4 is 10.6 Å². The standard InChI is InChI=1S/C17H15ClN4OS/c1-19-17-20-8-7-13(22-17)14-5-6-15(24-14)16(23)21-10-11-3-2-4-12(18)9-11/h2-9H,10H2,1H3,(H,21,23)(H,19,20,22). The highest BCUT2D eigenvalue weighted by atomic mass is 35.5. The molecule has 0 saturated carbocycles. The van der Waals surface area contributed by atoms with Gasteiger partial charge in [0, 0.05) is 24.8 Å². The van der Waals surface area contributed by atoms with Crippen molar-refractivity contribution in [2.75, 3.05) is 12.4 Å². The summed E-state index contributed by atoms with van der Waals surface area (Å²) in [5.41, 5.74) is 1.75. The predicted octanol–water partition coefficient (Wildman–Crippen LogP) is 3.83. The Morgan fingerprint density at radius 1 is 1.25 bits per heavy atom. The maximum absolute atomic E-state index is 12.3. The number of nitrogens with zero attached hydrogens (tertiary/aromatic N) is 2. The van der Waals surface area contributed by atoms with Crippen molar-refractivity contribution in [2.24, 2.45) is 0 Å². The molecule has 5 nitrogen and oxygen atoms in total. The normalized spacial score (nSPS) is 10.4. The minimum atomic E-state index is -0.117. The second-order valence-electron chi connectivity index (χ2n) is 4.99. The van der Waals surface area contributed by atoms with Gasteiger partial charge in [-0.3, -0.25) is 4.79 Å². The number of amides is 1. The summed E-state index contributed by atoms with van der Waals surface area (Å²) in [5, 5.41) is 6.46. The van der Waals surface area contributed by atoms with Crippen molar-refractivity contribution < 1.29 is 4.79 Å². The Bertz CT molecular complexity index is 865. The Kier molecular flexibility index (Phi) is 5.08. The zero-order chi connectivity index (χ0) is 16.9.